The van der Waals surface area contributed by atoms with Gasteiger partial charge in [-0.05, 0) is 18.9 Å². The highest BCUT2D eigenvalue weighted by atomic mass is 35.5. The average Bonchev–Trinajstić information content (AvgIpc) is 2.31. The summed E-state index contributed by atoms with van der Waals surface area (Å²) in [6.45, 7) is 1.48. The summed E-state index contributed by atoms with van der Waals surface area (Å²) >= 11 is 5.79. The van der Waals surface area contributed by atoms with Crippen molar-refractivity contribution >= 4 is 23.6 Å². The second-order valence-electron chi connectivity index (χ2n) is 3.77. The summed E-state index contributed by atoms with van der Waals surface area (Å²) in [5.41, 5.74) is 1.25. The third-order valence-electron chi connectivity index (χ3n) is 2.55. The van der Waals surface area contributed by atoms with Crippen molar-refractivity contribution < 1.29 is 9.53 Å². The molecule has 1 fully saturated rings. The quantitative estimate of drug-likeness (QED) is 0.650. The van der Waals surface area contributed by atoms with Crippen LogP contribution in [0.1, 0.15) is 23.2 Å². The van der Waals surface area contributed by atoms with Crippen LogP contribution in [0, 0.1) is 0 Å². The largest absolute Gasteiger partial charge is 0.379 e. The number of nitrogens with one attached hydrogen (secondary N) is 1. The lowest BCUT2D eigenvalue weighted by atomic mass is 10.1. The molecule has 1 aromatic rings. The number of ether oxygens (including phenoxy) is 1. The number of rotatable bonds is 3. The molecule has 86 valence electrons. The van der Waals surface area contributed by atoms with E-state index in [0.717, 1.165) is 31.4 Å². The van der Waals surface area contributed by atoms with E-state index in [9.17, 15) is 4.79 Å². The van der Waals surface area contributed by atoms with Crippen molar-refractivity contribution in [1.29, 1.82) is 0 Å². The Morgan fingerprint density at radius 1 is 1.62 bits per heavy atom. The van der Waals surface area contributed by atoms with Crippen molar-refractivity contribution in [3.8, 4) is 0 Å². The summed E-state index contributed by atoms with van der Waals surface area (Å²) in [6.07, 6.45) is 4.32. The molecule has 0 aliphatic carbocycles. The van der Waals surface area contributed by atoms with E-state index in [0.29, 0.717) is 17.3 Å². The molecule has 0 radical (unpaired) electrons. The zero-order chi connectivity index (χ0) is 11.4. The lowest BCUT2D eigenvalue weighted by molar-refractivity contribution is 0.0875. The zero-order valence-electron chi connectivity index (χ0n) is 8.78. The van der Waals surface area contributed by atoms with E-state index in [1.165, 1.54) is 6.20 Å². The van der Waals surface area contributed by atoms with Gasteiger partial charge in [0.15, 0.2) is 6.29 Å². The van der Waals surface area contributed by atoms with Gasteiger partial charge in [0.05, 0.1) is 12.2 Å². The summed E-state index contributed by atoms with van der Waals surface area (Å²) in [4.78, 5) is 14.7. The van der Waals surface area contributed by atoms with Crippen LogP contribution in [0.4, 0.5) is 5.69 Å². The van der Waals surface area contributed by atoms with Gasteiger partial charge in [-0.25, -0.2) is 4.98 Å². The Kier molecular flexibility index (Phi) is 3.74. The third kappa shape index (κ3) is 2.71. The summed E-state index contributed by atoms with van der Waals surface area (Å²) in [7, 11) is 0. The number of hydrogen-bond donors (Lipinski definition) is 1. The first-order valence-electron chi connectivity index (χ1n) is 5.24. The van der Waals surface area contributed by atoms with Gasteiger partial charge in [-0.2, -0.15) is 0 Å². The van der Waals surface area contributed by atoms with E-state index >= 15 is 0 Å². The maximum absolute atomic E-state index is 10.8. The Labute approximate surface area is 99.0 Å². The van der Waals surface area contributed by atoms with Gasteiger partial charge < -0.3 is 10.1 Å². The van der Waals surface area contributed by atoms with Crippen molar-refractivity contribution in [1.82, 2.24) is 4.98 Å². The molecule has 16 heavy (non-hydrogen) atoms. The Balaban J connectivity index is 2.12. The van der Waals surface area contributed by atoms with Crippen LogP contribution >= 0.6 is 11.6 Å². The van der Waals surface area contributed by atoms with Crippen LogP contribution in [0.15, 0.2) is 12.3 Å². The van der Waals surface area contributed by atoms with Gasteiger partial charge in [-0.1, -0.05) is 11.6 Å². The van der Waals surface area contributed by atoms with Crippen LogP contribution in [-0.4, -0.2) is 30.5 Å². The van der Waals surface area contributed by atoms with Crippen molar-refractivity contribution in [2.75, 3.05) is 18.5 Å². The molecular weight excluding hydrogens is 228 g/mol. The van der Waals surface area contributed by atoms with E-state index in [-0.39, 0.29) is 6.04 Å². The number of aromatic nitrogens is 1. The Morgan fingerprint density at radius 2 is 2.50 bits per heavy atom. The molecule has 0 spiro atoms. The molecular formula is C11H13ClN2O2. The second-order valence-corrected chi connectivity index (χ2v) is 4.16. The summed E-state index contributed by atoms with van der Waals surface area (Å²) in [5, 5.41) is 3.64. The molecule has 1 aliphatic rings. The molecule has 5 heteroatoms. The molecule has 0 bridgehead atoms. The smallest absolute Gasteiger partial charge is 0.153 e. The fourth-order valence-electron chi connectivity index (χ4n) is 1.73. The molecule has 2 heterocycles. The highest BCUT2D eigenvalue weighted by Gasteiger charge is 2.15. The third-order valence-corrected chi connectivity index (χ3v) is 2.76. The van der Waals surface area contributed by atoms with Crippen molar-refractivity contribution in [2.24, 2.45) is 0 Å². The lowest BCUT2D eigenvalue weighted by Gasteiger charge is -2.24. The number of halogens is 1. The fraction of sp³-hybridized carbons (Fsp3) is 0.455. The van der Waals surface area contributed by atoms with Gasteiger partial charge in [-0.3, -0.25) is 4.79 Å². The first-order chi connectivity index (χ1) is 7.79. The molecule has 1 aliphatic heterocycles. The van der Waals surface area contributed by atoms with Crippen molar-refractivity contribution in [3.05, 3.63) is 23.0 Å². The minimum atomic E-state index is 0.242. The highest BCUT2D eigenvalue weighted by Crippen LogP contribution is 2.20. The molecule has 0 saturated carbocycles. The normalized spacial score (nSPS) is 20.4. The SMILES string of the molecule is O=Cc1cnc(Cl)cc1NC1CCCOC1. The van der Waals surface area contributed by atoms with Gasteiger partial charge in [0.1, 0.15) is 5.15 Å². The molecule has 1 unspecified atom stereocenters. The highest BCUT2D eigenvalue weighted by molar-refractivity contribution is 6.29. The van der Waals surface area contributed by atoms with Gasteiger partial charge in [0.25, 0.3) is 0 Å². The number of carbonyl (C=O) groups excluding carboxylic acids is 1. The molecule has 1 atom stereocenters. The number of aldehydes is 1. The maximum atomic E-state index is 10.8. The zero-order valence-corrected chi connectivity index (χ0v) is 9.54. The first-order valence-corrected chi connectivity index (χ1v) is 5.62. The molecule has 4 nitrogen and oxygen atoms in total. The molecule has 0 aromatic carbocycles. The van der Waals surface area contributed by atoms with E-state index in [1.807, 2.05) is 0 Å². The van der Waals surface area contributed by atoms with Gasteiger partial charge in [0, 0.05) is 24.5 Å². The van der Waals surface area contributed by atoms with Crippen LogP contribution in [0.2, 0.25) is 5.15 Å². The molecule has 2 rings (SSSR count). The molecule has 1 N–H and O–H groups in total. The second kappa shape index (κ2) is 5.27. The maximum Gasteiger partial charge on any atom is 0.153 e. The number of carbonyl (C=O) groups is 1. The van der Waals surface area contributed by atoms with E-state index in [1.54, 1.807) is 6.07 Å². The monoisotopic (exact) mass is 240 g/mol. The molecule has 0 amide bonds. The van der Waals surface area contributed by atoms with Crippen molar-refractivity contribution in [3.63, 3.8) is 0 Å². The number of nitrogens with zero attached hydrogens (tertiary/aromatic N) is 1. The Morgan fingerprint density at radius 3 is 3.19 bits per heavy atom. The predicted octanol–water partition coefficient (Wildman–Crippen LogP) is 2.14. The van der Waals surface area contributed by atoms with Crippen LogP contribution in [-0.2, 0) is 4.74 Å². The van der Waals surface area contributed by atoms with Gasteiger partial charge in [-0.15, -0.1) is 0 Å². The average molecular weight is 241 g/mol. The van der Waals surface area contributed by atoms with Crippen LogP contribution in [0.25, 0.3) is 0 Å². The molecule has 1 saturated heterocycles. The summed E-state index contributed by atoms with van der Waals surface area (Å²) in [6, 6.07) is 1.91. The summed E-state index contributed by atoms with van der Waals surface area (Å²) < 4.78 is 5.36. The van der Waals surface area contributed by atoms with E-state index in [4.69, 9.17) is 16.3 Å². The van der Waals surface area contributed by atoms with E-state index < -0.39 is 0 Å². The number of anilines is 1. The molecule has 1 aromatic heterocycles. The van der Waals surface area contributed by atoms with Gasteiger partial charge in [0.2, 0.25) is 0 Å². The standard InChI is InChI=1S/C11H13ClN2O2/c12-11-4-10(8(6-15)5-13-11)14-9-2-1-3-16-7-9/h4-6,9H,1-3,7H2,(H,13,14). The fourth-order valence-corrected chi connectivity index (χ4v) is 1.89. The van der Waals surface area contributed by atoms with E-state index in [2.05, 4.69) is 10.3 Å². The van der Waals surface area contributed by atoms with Crippen LogP contribution < -0.4 is 5.32 Å². The first kappa shape index (κ1) is 11.4. The number of pyridine rings is 1. The summed E-state index contributed by atoms with van der Waals surface area (Å²) in [5.74, 6) is 0. The van der Waals surface area contributed by atoms with Crippen molar-refractivity contribution in [2.45, 2.75) is 18.9 Å². The Bertz CT molecular complexity index is 378. The number of hydrogen-bond acceptors (Lipinski definition) is 4. The minimum Gasteiger partial charge on any atom is -0.379 e. The minimum absolute atomic E-state index is 0.242. The lowest BCUT2D eigenvalue weighted by Crippen LogP contribution is -2.30. The predicted molar refractivity (Wildman–Crippen MR) is 62.1 cm³/mol. The Hall–Kier alpha value is -1.13. The van der Waals surface area contributed by atoms with Crippen LogP contribution in [0.3, 0.4) is 0 Å². The van der Waals surface area contributed by atoms with Gasteiger partial charge >= 0.3 is 0 Å². The van der Waals surface area contributed by atoms with Crippen LogP contribution in [0.5, 0.6) is 0 Å². The topological polar surface area (TPSA) is 51.2 Å².